The van der Waals surface area contributed by atoms with Gasteiger partial charge in [0.05, 0.1) is 12.3 Å². The number of carbonyl (C=O) groups excluding carboxylic acids is 1. The van der Waals surface area contributed by atoms with Gasteiger partial charge in [-0.05, 0) is 32.4 Å². The van der Waals surface area contributed by atoms with E-state index in [9.17, 15) is 9.59 Å². The minimum Gasteiger partial charge on any atom is -0.460 e. The third kappa shape index (κ3) is 2.91. The number of aryl methyl sites for hydroxylation is 2. The van der Waals surface area contributed by atoms with Gasteiger partial charge in [0.15, 0.2) is 5.82 Å². The second-order valence-electron chi connectivity index (χ2n) is 4.55. The SMILES string of the molecule is CCOC(=O)c1nc(N)c(=O)n(-c2ccc(C)cc2C)n1. The molecule has 7 heteroatoms. The second-order valence-corrected chi connectivity index (χ2v) is 4.55. The molecule has 0 saturated carbocycles. The molecule has 7 nitrogen and oxygen atoms in total. The van der Waals surface area contributed by atoms with Crippen LogP contribution in [-0.2, 0) is 4.74 Å². The van der Waals surface area contributed by atoms with Crippen molar-refractivity contribution < 1.29 is 9.53 Å². The molecule has 1 heterocycles. The molecule has 0 saturated heterocycles. The molecule has 1 aromatic heterocycles. The zero-order valence-electron chi connectivity index (χ0n) is 12.1. The highest BCUT2D eigenvalue weighted by atomic mass is 16.5. The van der Waals surface area contributed by atoms with Crippen LogP contribution in [0.5, 0.6) is 0 Å². The molecule has 0 unspecified atom stereocenters. The zero-order chi connectivity index (χ0) is 15.6. The first kappa shape index (κ1) is 14.7. The molecule has 0 spiro atoms. The number of nitrogens with two attached hydrogens (primary N) is 1. The summed E-state index contributed by atoms with van der Waals surface area (Å²) in [7, 11) is 0. The Labute approximate surface area is 121 Å². The van der Waals surface area contributed by atoms with Gasteiger partial charge in [0.1, 0.15) is 0 Å². The van der Waals surface area contributed by atoms with Crippen LogP contribution >= 0.6 is 0 Å². The van der Waals surface area contributed by atoms with E-state index in [1.807, 2.05) is 26.0 Å². The van der Waals surface area contributed by atoms with Gasteiger partial charge in [0.25, 0.3) is 5.82 Å². The van der Waals surface area contributed by atoms with E-state index in [-0.39, 0.29) is 18.2 Å². The van der Waals surface area contributed by atoms with Gasteiger partial charge in [-0.25, -0.2) is 4.79 Å². The fraction of sp³-hybridized carbons (Fsp3) is 0.286. The molecule has 0 fully saturated rings. The summed E-state index contributed by atoms with van der Waals surface area (Å²) in [6.45, 7) is 5.64. The Morgan fingerprint density at radius 2 is 2.10 bits per heavy atom. The maximum absolute atomic E-state index is 12.1. The summed E-state index contributed by atoms with van der Waals surface area (Å²) < 4.78 is 5.90. The molecule has 2 N–H and O–H groups in total. The molecule has 2 aromatic rings. The van der Waals surface area contributed by atoms with E-state index in [4.69, 9.17) is 10.5 Å². The summed E-state index contributed by atoms with van der Waals surface area (Å²) >= 11 is 0. The Balaban J connectivity index is 2.62. The van der Waals surface area contributed by atoms with Gasteiger partial charge in [0, 0.05) is 0 Å². The predicted molar refractivity (Wildman–Crippen MR) is 77.5 cm³/mol. The van der Waals surface area contributed by atoms with Crippen molar-refractivity contribution in [3.8, 4) is 5.69 Å². The summed E-state index contributed by atoms with van der Waals surface area (Å²) in [6, 6.07) is 5.49. The summed E-state index contributed by atoms with van der Waals surface area (Å²) in [6.07, 6.45) is 0. The van der Waals surface area contributed by atoms with Gasteiger partial charge in [-0.15, -0.1) is 5.10 Å². The number of benzene rings is 1. The third-order valence-corrected chi connectivity index (χ3v) is 2.87. The first-order chi connectivity index (χ1) is 9.93. The molecule has 0 aliphatic carbocycles. The van der Waals surface area contributed by atoms with Gasteiger partial charge in [-0.1, -0.05) is 17.7 Å². The van der Waals surface area contributed by atoms with Crippen LogP contribution < -0.4 is 11.3 Å². The lowest BCUT2D eigenvalue weighted by Crippen LogP contribution is -2.29. The molecule has 1 aromatic carbocycles. The number of hydrogen-bond donors (Lipinski definition) is 1. The van der Waals surface area contributed by atoms with E-state index in [0.717, 1.165) is 15.8 Å². The number of nitrogen functional groups attached to an aromatic ring is 1. The van der Waals surface area contributed by atoms with E-state index in [1.54, 1.807) is 13.0 Å². The molecule has 2 rings (SSSR count). The maximum atomic E-state index is 12.1. The highest BCUT2D eigenvalue weighted by molar-refractivity contribution is 5.85. The van der Waals surface area contributed by atoms with Gasteiger partial charge in [0.2, 0.25) is 0 Å². The Hall–Kier alpha value is -2.70. The Morgan fingerprint density at radius 3 is 2.71 bits per heavy atom. The lowest BCUT2D eigenvalue weighted by molar-refractivity contribution is 0.0509. The first-order valence-electron chi connectivity index (χ1n) is 6.45. The van der Waals surface area contributed by atoms with Crippen molar-refractivity contribution in [1.82, 2.24) is 14.8 Å². The maximum Gasteiger partial charge on any atom is 0.378 e. The van der Waals surface area contributed by atoms with Crippen molar-refractivity contribution in [2.75, 3.05) is 12.3 Å². The molecule has 21 heavy (non-hydrogen) atoms. The quantitative estimate of drug-likeness (QED) is 0.846. The van der Waals surface area contributed by atoms with Gasteiger partial charge < -0.3 is 10.5 Å². The fourth-order valence-corrected chi connectivity index (χ4v) is 1.92. The van der Waals surface area contributed by atoms with Crippen molar-refractivity contribution in [1.29, 1.82) is 0 Å². The van der Waals surface area contributed by atoms with Crippen LogP contribution in [0.4, 0.5) is 5.82 Å². The van der Waals surface area contributed by atoms with Crippen LogP contribution in [0.1, 0.15) is 28.7 Å². The molecule has 0 bridgehead atoms. The summed E-state index contributed by atoms with van der Waals surface area (Å²) in [5.41, 5.74) is 7.44. The van der Waals surface area contributed by atoms with Gasteiger partial charge in [-0.2, -0.15) is 9.67 Å². The molecule has 0 amide bonds. The first-order valence-corrected chi connectivity index (χ1v) is 6.45. The average molecular weight is 288 g/mol. The van der Waals surface area contributed by atoms with E-state index >= 15 is 0 Å². The largest absolute Gasteiger partial charge is 0.460 e. The molecule has 110 valence electrons. The summed E-state index contributed by atoms with van der Waals surface area (Å²) in [4.78, 5) is 27.5. The minimum absolute atomic E-state index is 0.185. The monoisotopic (exact) mass is 288 g/mol. The number of esters is 1. The van der Waals surface area contributed by atoms with Crippen LogP contribution in [0, 0.1) is 13.8 Å². The lowest BCUT2D eigenvalue weighted by atomic mass is 10.1. The Kier molecular flexibility index (Phi) is 4.02. The number of aromatic nitrogens is 3. The van der Waals surface area contributed by atoms with Crippen molar-refractivity contribution in [2.45, 2.75) is 20.8 Å². The van der Waals surface area contributed by atoms with Crippen LogP contribution in [0.3, 0.4) is 0 Å². The van der Waals surface area contributed by atoms with Crippen LogP contribution in [0.25, 0.3) is 5.69 Å². The highest BCUT2D eigenvalue weighted by Crippen LogP contribution is 2.13. The van der Waals surface area contributed by atoms with E-state index in [1.165, 1.54) is 0 Å². The van der Waals surface area contributed by atoms with Crippen molar-refractivity contribution in [3.05, 3.63) is 45.5 Å². The predicted octanol–water partition coefficient (Wildman–Crippen LogP) is 1.00. The van der Waals surface area contributed by atoms with Gasteiger partial charge in [-0.3, -0.25) is 4.79 Å². The smallest absolute Gasteiger partial charge is 0.378 e. The van der Waals surface area contributed by atoms with E-state index < -0.39 is 11.5 Å². The fourth-order valence-electron chi connectivity index (χ4n) is 1.92. The number of carbonyl (C=O) groups is 1. The number of ether oxygens (including phenoxy) is 1. The average Bonchev–Trinajstić information content (AvgIpc) is 2.42. The van der Waals surface area contributed by atoms with E-state index in [2.05, 4.69) is 10.1 Å². The standard InChI is InChI=1S/C14H16N4O3/c1-4-21-14(20)12-16-11(15)13(19)18(17-12)10-6-5-8(2)7-9(10)3/h5-7H,4H2,1-3H3,(H2,15,16,17). The number of nitrogens with zero attached hydrogens (tertiary/aromatic N) is 3. The molecule has 0 aliphatic heterocycles. The summed E-state index contributed by atoms with van der Waals surface area (Å²) in [5, 5.41) is 3.95. The van der Waals surface area contributed by atoms with Crippen LogP contribution in [-0.4, -0.2) is 27.3 Å². The van der Waals surface area contributed by atoms with Crippen molar-refractivity contribution in [3.63, 3.8) is 0 Å². The number of rotatable bonds is 3. The van der Waals surface area contributed by atoms with Crippen LogP contribution in [0.2, 0.25) is 0 Å². The molecular weight excluding hydrogens is 272 g/mol. The van der Waals surface area contributed by atoms with Crippen molar-refractivity contribution >= 4 is 11.8 Å². The van der Waals surface area contributed by atoms with Crippen LogP contribution in [0.15, 0.2) is 23.0 Å². The Morgan fingerprint density at radius 1 is 1.38 bits per heavy atom. The summed E-state index contributed by atoms with van der Waals surface area (Å²) in [5.74, 6) is -1.26. The normalized spacial score (nSPS) is 10.4. The third-order valence-electron chi connectivity index (χ3n) is 2.87. The molecule has 0 atom stereocenters. The highest BCUT2D eigenvalue weighted by Gasteiger charge is 2.17. The molecule has 0 radical (unpaired) electrons. The van der Waals surface area contributed by atoms with E-state index in [0.29, 0.717) is 5.69 Å². The minimum atomic E-state index is -0.720. The van der Waals surface area contributed by atoms with Gasteiger partial charge >= 0.3 is 11.5 Å². The number of hydrogen-bond acceptors (Lipinski definition) is 6. The number of anilines is 1. The zero-order valence-corrected chi connectivity index (χ0v) is 12.1. The Bertz CT molecular complexity index is 752. The topological polar surface area (TPSA) is 100 Å². The molecule has 0 aliphatic rings. The second kappa shape index (κ2) is 5.74. The molecular formula is C14H16N4O3. The van der Waals surface area contributed by atoms with Crippen molar-refractivity contribution in [2.24, 2.45) is 0 Å². The lowest BCUT2D eigenvalue weighted by Gasteiger charge is -2.10.